The van der Waals surface area contributed by atoms with Gasteiger partial charge in [0, 0.05) is 13.1 Å². The lowest BCUT2D eigenvalue weighted by molar-refractivity contribution is -0.120. The van der Waals surface area contributed by atoms with E-state index in [0.717, 1.165) is 53.2 Å². The maximum atomic E-state index is 13.0. The van der Waals surface area contributed by atoms with Crippen LogP contribution in [0.1, 0.15) is 24.2 Å². The lowest BCUT2D eigenvalue weighted by Gasteiger charge is -2.32. The van der Waals surface area contributed by atoms with Gasteiger partial charge in [-0.3, -0.25) is 4.79 Å². The molecule has 1 fully saturated rings. The van der Waals surface area contributed by atoms with Crippen LogP contribution in [0.3, 0.4) is 0 Å². The molecule has 5 rings (SSSR count). The van der Waals surface area contributed by atoms with Gasteiger partial charge in [0.2, 0.25) is 5.91 Å². The molecule has 1 N–H and O–H groups in total. The summed E-state index contributed by atoms with van der Waals surface area (Å²) in [6.07, 6.45) is 1.70. The van der Waals surface area contributed by atoms with Crippen LogP contribution in [-0.2, 0) is 4.79 Å². The number of piperidine rings is 1. The molecule has 2 aromatic heterocycles. The Bertz CT molecular complexity index is 1320. The fourth-order valence-electron chi connectivity index (χ4n) is 4.53. The van der Waals surface area contributed by atoms with Gasteiger partial charge in [0.15, 0.2) is 5.82 Å². The van der Waals surface area contributed by atoms with Gasteiger partial charge in [0.05, 0.1) is 39.1 Å². The van der Waals surface area contributed by atoms with E-state index in [1.807, 2.05) is 60.1 Å². The van der Waals surface area contributed by atoms with Crippen molar-refractivity contribution in [1.82, 2.24) is 20.0 Å². The van der Waals surface area contributed by atoms with Crippen LogP contribution in [0, 0.1) is 19.8 Å². The minimum Gasteiger partial charge on any atom is -0.352 e. The van der Waals surface area contributed by atoms with Crippen molar-refractivity contribution in [3.05, 3.63) is 71.0 Å². The third-order valence-corrected chi connectivity index (χ3v) is 6.54. The summed E-state index contributed by atoms with van der Waals surface area (Å²) < 4.78 is 1.94. The zero-order valence-electron chi connectivity index (χ0n) is 18.6. The predicted octanol–water partition coefficient (Wildman–Crippen LogP) is 4.94. The molecule has 2 aromatic carbocycles. The molecule has 3 heterocycles. The Kier molecular flexibility index (Phi) is 5.72. The summed E-state index contributed by atoms with van der Waals surface area (Å²) in [6, 6.07) is 17.3. The number of carbonyl (C=O) groups is 1. The molecule has 1 aliphatic heterocycles. The number of benzene rings is 2. The molecule has 0 spiro atoms. The Morgan fingerprint density at radius 1 is 1.06 bits per heavy atom. The molecule has 0 radical (unpaired) electrons. The number of nitrogens with zero attached hydrogens (tertiary/aromatic N) is 5. The quantitative estimate of drug-likeness (QED) is 0.466. The van der Waals surface area contributed by atoms with Crippen molar-refractivity contribution < 1.29 is 4.79 Å². The maximum absolute atomic E-state index is 13.0. The molecule has 0 saturated carbocycles. The SMILES string of the molecule is Cc1nnc(N2CCC[C@H](C(=O)Nc3ccccc3Cl)C2)c2nn(-c3ccccc3)c(C)c12. The number of carbonyl (C=O) groups excluding carboxylic acids is 1. The summed E-state index contributed by atoms with van der Waals surface area (Å²) in [5.41, 5.74) is 4.31. The van der Waals surface area contributed by atoms with Crippen LogP contribution in [0.2, 0.25) is 5.02 Å². The van der Waals surface area contributed by atoms with E-state index >= 15 is 0 Å². The van der Waals surface area contributed by atoms with E-state index in [1.54, 1.807) is 6.07 Å². The Morgan fingerprint density at radius 2 is 1.82 bits per heavy atom. The van der Waals surface area contributed by atoms with Gasteiger partial charge in [-0.1, -0.05) is 41.9 Å². The second-order valence-corrected chi connectivity index (χ2v) is 8.83. The third-order valence-electron chi connectivity index (χ3n) is 6.21. The molecule has 0 unspecified atom stereocenters. The predicted molar refractivity (Wildman–Crippen MR) is 131 cm³/mol. The summed E-state index contributed by atoms with van der Waals surface area (Å²) in [6.45, 7) is 5.37. The molecule has 8 heteroatoms. The third kappa shape index (κ3) is 4.04. The number of hydrogen-bond donors (Lipinski definition) is 1. The number of para-hydroxylation sites is 2. The van der Waals surface area contributed by atoms with Crippen molar-refractivity contribution in [2.24, 2.45) is 5.92 Å². The van der Waals surface area contributed by atoms with Crippen molar-refractivity contribution >= 4 is 39.9 Å². The lowest BCUT2D eigenvalue weighted by Crippen LogP contribution is -2.41. The number of hydrogen-bond acceptors (Lipinski definition) is 5. The minimum atomic E-state index is -0.175. The fraction of sp³-hybridized carbons (Fsp3) is 0.280. The van der Waals surface area contributed by atoms with Crippen LogP contribution in [0.15, 0.2) is 54.6 Å². The number of nitrogens with one attached hydrogen (secondary N) is 1. The van der Waals surface area contributed by atoms with Gasteiger partial charge in [-0.15, -0.1) is 5.10 Å². The summed E-state index contributed by atoms with van der Waals surface area (Å²) >= 11 is 6.23. The second-order valence-electron chi connectivity index (χ2n) is 8.42. The summed E-state index contributed by atoms with van der Waals surface area (Å²) in [4.78, 5) is 15.1. The first-order chi connectivity index (χ1) is 16.0. The number of rotatable bonds is 4. The monoisotopic (exact) mass is 460 g/mol. The average Bonchev–Trinajstić information content (AvgIpc) is 3.19. The number of amides is 1. The number of aryl methyl sites for hydroxylation is 2. The van der Waals surface area contributed by atoms with Crippen LogP contribution in [-0.4, -0.2) is 39.0 Å². The van der Waals surface area contributed by atoms with Gasteiger partial charge in [0.1, 0.15) is 5.52 Å². The summed E-state index contributed by atoms with van der Waals surface area (Å²) in [7, 11) is 0. The zero-order valence-corrected chi connectivity index (χ0v) is 19.4. The average molecular weight is 461 g/mol. The normalized spacial score (nSPS) is 16.2. The van der Waals surface area contributed by atoms with Gasteiger partial charge in [0.25, 0.3) is 0 Å². The van der Waals surface area contributed by atoms with E-state index in [2.05, 4.69) is 27.3 Å². The Balaban J connectivity index is 1.46. The van der Waals surface area contributed by atoms with Crippen molar-refractivity contribution in [3.63, 3.8) is 0 Å². The molecule has 1 saturated heterocycles. The molecular weight excluding hydrogens is 436 g/mol. The summed E-state index contributed by atoms with van der Waals surface area (Å²) in [5, 5.41) is 18.4. The van der Waals surface area contributed by atoms with Crippen molar-refractivity contribution in [3.8, 4) is 5.69 Å². The van der Waals surface area contributed by atoms with Gasteiger partial charge in [-0.05, 0) is 51.0 Å². The van der Waals surface area contributed by atoms with Crippen molar-refractivity contribution in [2.75, 3.05) is 23.3 Å². The van der Waals surface area contributed by atoms with Gasteiger partial charge in [-0.2, -0.15) is 10.2 Å². The molecule has 0 bridgehead atoms. The molecule has 0 aliphatic carbocycles. The fourth-order valence-corrected chi connectivity index (χ4v) is 4.71. The molecular formula is C25H25ClN6O. The van der Waals surface area contributed by atoms with E-state index in [-0.39, 0.29) is 11.8 Å². The maximum Gasteiger partial charge on any atom is 0.229 e. The second kappa shape index (κ2) is 8.83. The van der Waals surface area contributed by atoms with E-state index in [0.29, 0.717) is 17.3 Å². The summed E-state index contributed by atoms with van der Waals surface area (Å²) in [5.74, 6) is 0.518. The Labute approximate surface area is 197 Å². The molecule has 33 heavy (non-hydrogen) atoms. The van der Waals surface area contributed by atoms with E-state index in [9.17, 15) is 4.79 Å². The van der Waals surface area contributed by atoms with E-state index < -0.39 is 0 Å². The number of aromatic nitrogens is 4. The van der Waals surface area contributed by atoms with E-state index in [4.69, 9.17) is 16.7 Å². The van der Waals surface area contributed by atoms with E-state index in [1.165, 1.54) is 0 Å². The van der Waals surface area contributed by atoms with Crippen LogP contribution in [0.4, 0.5) is 11.5 Å². The van der Waals surface area contributed by atoms with Crippen LogP contribution < -0.4 is 10.2 Å². The van der Waals surface area contributed by atoms with Gasteiger partial charge in [-0.25, -0.2) is 4.68 Å². The Hall–Kier alpha value is -3.45. The highest BCUT2D eigenvalue weighted by Gasteiger charge is 2.29. The topological polar surface area (TPSA) is 75.9 Å². The number of anilines is 2. The first-order valence-electron chi connectivity index (χ1n) is 11.1. The molecule has 1 aliphatic rings. The zero-order chi connectivity index (χ0) is 22.9. The molecule has 4 aromatic rings. The number of fused-ring (bicyclic) bond motifs is 1. The van der Waals surface area contributed by atoms with Crippen LogP contribution in [0.5, 0.6) is 0 Å². The highest BCUT2D eigenvalue weighted by atomic mass is 35.5. The Morgan fingerprint density at radius 3 is 2.61 bits per heavy atom. The van der Waals surface area contributed by atoms with Crippen molar-refractivity contribution in [2.45, 2.75) is 26.7 Å². The minimum absolute atomic E-state index is 0.0323. The standard InChI is InChI=1S/C25H25ClN6O/c1-16-22-17(2)32(19-10-4-3-5-11-19)30-23(22)24(29-28-16)31-14-8-9-18(15-31)25(33)27-21-13-7-6-12-20(21)26/h3-7,10-13,18H,8-9,14-15H2,1-2H3,(H,27,33)/t18-/m0/s1. The van der Waals surface area contributed by atoms with Crippen LogP contribution >= 0.6 is 11.6 Å². The number of halogens is 1. The smallest absolute Gasteiger partial charge is 0.229 e. The molecule has 1 amide bonds. The van der Waals surface area contributed by atoms with Gasteiger partial charge < -0.3 is 10.2 Å². The lowest BCUT2D eigenvalue weighted by atomic mass is 9.97. The van der Waals surface area contributed by atoms with Crippen molar-refractivity contribution in [1.29, 1.82) is 0 Å². The molecule has 7 nitrogen and oxygen atoms in total. The molecule has 168 valence electrons. The van der Waals surface area contributed by atoms with Crippen LogP contribution in [0.25, 0.3) is 16.6 Å². The first kappa shape index (κ1) is 21.4. The highest BCUT2D eigenvalue weighted by molar-refractivity contribution is 6.33. The molecule has 1 atom stereocenters. The van der Waals surface area contributed by atoms with Gasteiger partial charge >= 0.3 is 0 Å². The largest absolute Gasteiger partial charge is 0.352 e. The highest BCUT2D eigenvalue weighted by Crippen LogP contribution is 2.32. The first-order valence-corrected chi connectivity index (χ1v) is 11.5.